The van der Waals surface area contributed by atoms with Crippen molar-refractivity contribution < 1.29 is 15.0 Å². The molecule has 5 fully saturated rings. The zero-order valence-corrected chi connectivity index (χ0v) is 21.5. The molecule has 0 amide bonds. The summed E-state index contributed by atoms with van der Waals surface area (Å²) in [5.74, 6) is 2.50. The van der Waals surface area contributed by atoms with Gasteiger partial charge in [0.1, 0.15) is 6.10 Å². The summed E-state index contributed by atoms with van der Waals surface area (Å²) in [5.41, 5.74) is 1.09. The molecule has 0 bridgehead atoms. The van der Waals surface area contributed by atoms with Crippen molar-refractivity contribution in [3.63, 3.8) is 0 Å². The van der Waals surface area contributed by atoms with Gasteiger partial charge in [0.2, 0.25) is 0 Å². The second-order valence-corrected chi connectivity index (χ2v) is 14.7. The lowest BCUT2D eigenvalue weighted by Crippen LogP contribution is -2.66. The Morgan fingerprint density at radius 2 is 1.47 bits per heavy atom. The van der Waals surface area contributed by atoms with E-state index in [1.807, 2.05) is 0 Å². The maximum absolute atomic E-state index is 12.8. The lowest BCUT2D eigenvalue weighted by Gasteiger charge is -2.71. The largest absolute Gasteiger partial charge is 0.396 e. The van der Waals surface area contributed by atoms with Crippen molar-refractivity contribution in [2.45, 2.75) is 112 Å². The van der Waals surface area contributed by atoms with Crippen LogP contribution in [0, 0.1) is 56.7 Å². The lowest BCUT2D eigenvalue weighted by atomic mass is 9.33. The number of aliphatic hydroxyl groups excluding tert-OH is 2. The van der Waals surface area contributed by atoms with Gasteiger partial charge >= 0.3 is 0 Å². The first kappa shape index (κ1) is 23.3. The van der Waals surface area contributed by atoms with Gasteiger partial charge in [-0.1, -0.05) is 41.5 Å². The third-order valence-electron chi connectivity index (χ3n) is 13.0. The normalized spacial score (nSPS) is 57.1. The average Bonchev–Trinajstić information content (AvgIpc) is 2.73. The molecule has 0 aromatic carbocycles. The van der Waals surface area contributed by atoms with Crippen LogP contribution in [0.2, 0.25) is 0 Å². The first-order valence-electron chi connectivity index (χ1n) is 13.7. The molecule has 5 rings (SSSR count). The molecule has 182 valence electrons. The van der Waals surface area contributed by atoms with Crippen LogP contribution in [-0.4, -0.2) is 28.7 Å². The number of fused-ring (bicyclic) bond motifs is 7. The van der Waals surface area contributed by atoms with Gasteiger partial charge in [-0.2, -0.15) is 0 Å². The number of hydrogen-bond acceptors (Lipinski definition) is 3. The first-order chi connectivity index (χ1) is 14.8. The molecule has 0 spiro atoms. The Bertz CT molecular complexity index is 789. The minimum Gasteiger partial charge on any atom is -0.396 e. The summed E-state index contributed by atoms with van der Waals surface area (Å²) in [6.07, 6.45) is 10.9. The van der Waals surface area contributed by atoms with E-state index in [1.54, 1.807) is 0 Å². The molecule has 3 nitrogen and oxygen atoms in total. The van der Waals surface area contributed by atoms with Crippen LogP contribution in [0.25, 0.3) is 0 Å². The molecule has 2 N–H and O–H groups in total. The highest BCUT2D eigenvalue weighted by atomic mass is 16.3. The van der Waals surface area contributed by atoms with Gasteiger partial charge in [-0.05, 0) is 115 Å². The maximum atomic E-state index is 12.8. The zero-order valence-electron chi connectivity index (χ0n) is 21.5. The molecule has 32 heavy (non-hydrogen) atoms. The van der Waals surface area contributed by atoms with Crippen molar-refractivity contribution in [1.29, 1.82) is 0 Å². The molecule has 0 radical (unpaired) electrons. The molecule has 0 aliphatic heterocycles. The van der Waals surface area contributed by atoms with Gasteiger partial charge in [0, 0.05) is 12.5 Å². The number of ketones is 1. The Morgan fingerprint density at radius 1 is 0.812 bits per heavy atom. The van der Waals surface area contributed by atoms with E-state index in [4.69, 9.17) is 0 Å². The molecule has 0 aromatic heterocycles. The first-order valence-corrected chi connectivity index (χ1v) is 13.7. The van der Waals surface area contributed by atoms with Crippen molar-refractivity contribution in [2.75, 3.05) is 6.61 Å². The smallest absolute Gasteiger partial charge is 0.164 e. The fraction of sp³-hybridized carbons (Fsp3) is 0.966. The SMILES string of the molecule is CC1C(=O)C(O)CC2C1(C)CCC1C3(C)CCC4(CO)CCC(C)(C)CC4C3CCC21C. The highest BCUT2D eigenvalue weighted by Crippen LogP contribution is 2.74. The van der Waals surface area contributed by atoms with Gasteiger partial charge in [-0.25, -0.2) is 0 Å². The molecule has 0 saturated heterocycles. The highest BCUT2D eigenvalue weighted by molar-refractivity contribution is 5.86. The van der Waals surface area contributed by atoms with E-state index in [0.717, 1.165) is 6.42 Å². The third-order valence-corrected chi connectivity index (χ3v) is 13.0. The number of Topliss-reactive ketones (excluding diaryl/α,β-unsaturated/α-hetero) is 1. The summed E-state index contributed by atoms with van der Waals surface area (Å²) in [6, 6.07) is 0. The second-order valence-electron chi connectivity index (χ2n) is 14.7. The van der Waals surface area contributed by atoms with Crippen molar-refractivity contribution in [3.8, 4) is 0 Å². The number of rotatable bonds is 1. The molecule has 3 heteroatoms. The molecular formula is C29H48O3. The molecule has 10 unspecified atom stereocenters. The Balaban J connectivity index is 1.52. The summed E-state index contributed by atoms with van der Waals surface area (Å²) in [4.78, 5) is 12.8. The number of carbonyl (C=O) groups excluding carboxylic acids is 1. The molecule has 5 aliphatic rings. The van der Waals surface area contributed by atoms with Crippen LogP contribution in [0.5, 0.6) is 0 Å². The second kappa shape index (κ2) is 7.06. The summed E-state index contributed by atoms with van der Waals surface area (Å²) < 4.78 is 0. The Labute approximate surface area is 196 Å². The summed E-state index contributed by atoms with van der Waals surface area (Å²) in [7, 11) is 0. The van der Waals surface area contributed by atoms with Crippen LogP contribution in [0.4, 0.5) is 0 Å². The van der Waals surface area contributed by atoms with E-state index in [-0.39, 0.29) is 27.9 Å². The van der Waals surface area contributed by atoms with Crippen LogP contribution in [0.15, 0.2) is 0 Å². The van der Waals surface area contributed by atoms with Crippen LogP contribution in [0.3, 0.4) is 0 Å². The van der Waals surface area contributed by atoms with Crippen LogP contribution in [-0.2, 0) is 4.79 Å². The molecular weight excluding hydrogens is 396 g/mol. The standard InChI is InChI=1S/C29H48O3/c1-18-24(32)21(31)15-23-26(18,4)10-8-22-27(5)12-14-29(17-30)13-11-25(2,3)16-20(29)19(27)7-9-28(22,23)6/h18-23,30-31H,7-17H2,1-6H3. The van der Waals surface area contributed by atoms with Crippen molar-refractivity contribution in [1.82, 2.24) is 0 Å². The number of aliphatic hydroxyl groups is 2. The van der Waals surface area contributed by atoms with E-state index in [0.29, 0.717) is 47.5 Å². The fourth-order valence-corrected chi connectivity index (χ4v) is 10.8. The van der Waals surface area contributed by atoms with Gasteiger partial charge in [0.05, 0.1) is 0 Å². The maximum Gasteiger partial charge on any atom is 0.164 e. The van der Waals surface area contributed by atoms with Crippen LogP contribution in [0.1, 0.15) is 106 Å². The summed E-state index contributed by atoms with van der Waals surface area (Å²) in [6.45, 7) is 14.9. The quantitative estimate of drug-likeness (QED) is 0.521. The Hall–Kier alpha value is -0.410. The molecule has 5 saturated carbocycles. The summed E-state index contributed by atoms with van der Waals surface area (Å²) >= 11 is 0. The highest BCUT2D eigenvalue weighted by Gasteiger charge is 2.68. The molecule has 0 heterocycles. The Kier molecular flexibility index (Phi) is 5.15. The minimum atomic E-state index is -0.767. The summed E-state index contributed by atoms with van der Waals surface area (Å²) in [5, 5.41) is 21.3. The van der Waals surface area contributed by atoms with Gasteiger partial charge in [-0.3, -0.25) is 4.79 Å². The third kappa shape index (κ3) is 2.88. The van der Waals surface area contributed by atoms with Crippen molar-refractivity contribution in [2.24, 2.45) is 56.7 Å². The molecule has 0 aromatic rings. The topological polar surface area (TPSA) is 57.5 Å². The Morgan fingerprint density at radius 3 is 2.16 bits per heavy atom. The molecule has 5 aliphatic carbocycles. The average molecular weight is 445 g/mol. The van der Waals surface area contributed by atoms with Crippen molar-refractivity contribution >= 4 is 5.78 Å². The minimum absolute atomic E-state index is 0.0289. The van der Waals surface area contributed by atoms with Crippen LogP contribution >= 0.6 is 0 Å². The van der Waals surface area contributed by atoms with Crippen molar-refractivity contribution in [3.05, 3.63) is 0 Å². The lowest BCUT2D eigenvalue weighted by molar-refractivity contribution is -0.230. The fourth-order valence-electron chi connectivity index (χ4n) is 10.8. The number of hydrogen-bond donors (Lipinski definition) is 2. The molecule has 10 atom stereocenters. The van der Waals surface area contributed by atoms with Gasteiger partial charge in [0.25, 0.3) is 0 Å². The van der Waals surface area contributed by atoms with E-state index >= 15 is 0 Å². The number of carbonyl (C=O) groups is 1. The van der Waals surface area contributed by atoms with Gasteiger partial charge < -0.3 is 10.2 Å². The van der Waals surface area contributed by atoms with E-state index in [9.17, 15) is 15.0 Å². The van der Waals surface area contributed by atoms with E-state index in [1.165, 1.54) is 51.4 Å². The van der Waals surface area contributed by atoms with Gasteiger partial charge in [0.15, 0.2) is 5.78 Å². The van der Waals surface area contributed by atoms with Crippen LogP contribution < -0.4 is 0 Å². The predicted molar refractivity (Wildman–Crippen MR) is 128 cm³/mol. The van der Waals surface area contributed by atoms with E-state index in [2.05, 4.69) is 41.5 Å². The monoisotopic (exact) mass is 444 g/mol. The van der Waals surface area contributed by atoms with Gasteiger partial charge in [-0.15, -0.1) is 0 Å². The van der Waals surface area contributed by atoms with E-state index < -0.39 is 6.10 Å². The zero-order chi connectivity index (χ0) is 23.3. The predicted octanol–water partition coefficient (Wildman–Crippen LogP) is 6.01.